The maximum atomic E-state index is 10.9. The molecule has 0 unspecified atom stereocenters. The average molecular weight is 279 g/mol. The third-order valence-electron chi connectivity index (χ3n) is 3.12. The van der Waals surface area contributed by atoms with Crippen LogP contribution in [0.2, 0.25) is 0 Å². The number of rotatable bonds is 2. The Morgan fingerprint density at radius 2 is 1.80 bits per heavy atom. The summed E-state index contributed by atoms with van der Waals surface area (Å²) in [6, 6.07) is 16.7. The molecule has 3 aromatic rings. The van der Waals surface area contributed by atoms with Gasteiger partial charge in [0.2, 0.25) is 0 Å². The molecule has 0 bridgehead atoms. The summed E-state index contributed by atoms with van der Waals surface area (Å²) in [7, 11) is 0. The predicted molar refractivity (Wildman–Crippen MR) is 78.9 cm³/mol. The van der Waals surface area contributed by atoms with Gasteiger partial charge in [0.15, 0.2) is 0 Å². The maximum Gasteiger partial charge on any atom is 0.335 e. The minimum absolute atomic E-state index is 0.242. The SMILES string of the molecule is N#Cc1sc2ccccc2c1-c1ccc(C(=O)O)cc1. The van der Waals surface area contributed by atoms with Gasteiger partial charge in [0.1, 0.15) is 10.9 Å². The van der Waals surface area contributed by atoms with Crippen molar-refractivity contribution in [2.45, 2.75) is 0 Å². The van der Waals surface area contributed by atoms with Crippen molar-refractivity contribution in [3.05, 3.63) is 59.0 Å². The Morgan fingerprint density at radius 3 is 2.45 bits per heavy atom. The summed E-state index contributed by atoms with van der Waals surface area (Å²) in [4.78, 5) is 11.5. The van der Waals surface area contributed by atoms with E-state index in [0.717, 1.165) is 21.2 Å². The number of nitrogens with zero attached hydrogens (tertiary/aromatic N) is 1. The third-order valence-corrected chi connectivity index (χ3v) is 4.19. The Kier molecular flexibility index (Phi) is 2.97. The molecular weight excluding hydrogens is 270 g/mol. The number of carboxylic acids is 1. The summed E-state index contributed by atoms with van der Waals surface area (Å²) in [6.07, 6.45) is 0. The van der Waals surface area contributed by atoms with Crippen LogP contribution in [0.4, 0.5) is 0 Å². The Bertz CT molecular complexity index is 841. The van der Waals surface area contributed by atoms with Crippen LogP contribution in [0, 0.1) is 11.3 Å². The molecule has 0 amide bonds. The second-order valence-corrected chi connectivity index (χ2v) is 5.35. The van der Waals surface area contributed by atoms with Gasteiger partial charge in [-0.25, -0.2) is 4.79 Å². The molecule has 0 aliphatic rings. The Labute approximate surface area is 119 Å². The van der Waals surface area contributed by atoms with Gasteiger partial charge < -0.3 is 5.11 Å². The fraction of sp³-hybridized carbons (Fsp3) is 0. The van der Waals surface area contributed by atoms with Crippen LogP contribution >= 0.6 is 11.3 Å². The fourth-order valence-electron chi connectivity index (χ4n) is 2.19. The minimum atomic E-state index is -0.952. The first-order valence-corrected chi connectivity index (χ1v) is 6.77. The number of aromatic carboxylic acids is 1. The van der Waals surface area contributed by atoms with E-state index in [1.54, 1.807) is 24.3 Å². The van der Waals surface area contributed by atoms with Crippen LogP contribution in [0.5, 0.6) is 0 Å². The first-order valence-electron chi connectivity index (χ1n) is 5.96. The number of nitriles is 1. The van der Waals surface area contributed by atoms with E-state index < -0.39 is 5.97 Å². The van der Waals surface area contributed by atoms with Gasteiger partial charge in [-0.15, -0.1) is 11.3 Å². The molecule has 1 aromatic heterocycles. The zero-order valence-corrected chi connectivity index (χ0v) is 11.1. The summed E-state index contributed by atoms with van der Waals surface area (Å²) in [5.74, 6) is -0.952. The van der Waals surface area contributed by atoms with E-state index >= 15 is 0 Å². The van der Waals surface area contributed by atoms with Crippen molar-refractivity contribution in [2.75, 3.05) is 0 Å². The van der Waals surface area contributed by atoms with Crippen molar-refractivity contribution in [3.63, 3.8) is 0 Å². The molecule has 4 heteroatoms. The molecule has 0 spiro atoms. The zero-order chi connectivity index (χ0) is 14.1. The van der Waals surface area contributed by atoms with Gasteiger partial charge in [-0.05, 0) is 23.8 Å². The topological polar surface area (TPSA) is 61.1 Å². The highest BCUT2D eigenvalue weighted by Crippen LogP contribution is 2.38. The van der Waals surface area contributed by atoms with Crippen molar-refractivity contribution in [2.24, 2.45) is 0 Å². The van der Waals surface area contributed by atoms with Gasteiger partial charge in [0, 0.05) is 15.6 Å². The normalized spacial score (nSPS) is 10.3. The number of fused-ring (bicyclic) bond motifs is 1. The Balaban J connectivity index is 2.23. The van der Waals surface area contributed by atoms with Gasteiger partial charge in [-0.2, -0.15) is 5.26 Å². The maximum absolute atomic E-state index is 10.9. The first-order chi connectivity index (χ1) is 9.70. The van der Waals surface area contributed by atoms with E-state index in [0.29, 0.717) is 4.88 Å². The van der Waals surface area contributed by atoms with Crippen molar-refractivity contribution < 1.29 is 9.90 Å². The highest BCUT2D eigenvalue weighted by Gasteiger charge is 2.14. The van der Waals surface area contributed by atoms with Gasteiger partial charge in [0.05, 0.1) is 5.56 Å². The Hall–Kier alpha value is -2.64. The van der Waals surface area contributed by atoms with E-state index in [9.17, 15) is 10.1 Å². The lowest BCUT2D eigenvalue weighted by atomic mass is 10.0. The van der Waals surface area contributed by atoms with Gasteiger partial charge >= 0.3 is 5.97 Å². The predicted octanol–water partition coefficient (Wildman–Crippen LogP) is 4.14. The summed E-state index contributed by atoms with van der Waals surface area (Å²) in [5, 5.41) is 19.2. The molecule has 1 N–H and O–H groups in total. The molecule has 0 saturated carbocycles. The van der Waals surface area contributed by atoms with Crippen LogP contribution in [0.3, 0.4) is 0 Å². The largest absolute Gasteiger partial charge is 0.478 e. The molecule has 0 radical (unpaired) electrons. The van der Waals surface area contributed by atoms with Crippen LogP contribution in [0.15, 0.2) is 48.5 Å². The molecule has 3 nitrogen and oxygen atoms in total. The Morgan fingerprint density at radius 1 is 1.10 bits per heavy atom. The zero-order valence-electron chi connectivity index (χ0n) is 10.3. The molecule has 0 atom stereocenters. The summed E-state index contributed by atoms with van der Waals surface area (Å²) in [5.41, 5.74) is 1.99. The molecule has 0 fully saturated rings. The van der Waals surface area contributed by atoms with Crippen LogP contribution in [0.1, 0.15) is 15.2 Å². The molecular formula is C16H9NO2S. The minimum Gasteiger partial charge on any atom is -0.478 e. The molecule has 1 heterocycles. The number of hydrogen-bond donors (Lipinski definition) is 1. The van der Waals surface area contributed by atoms with Gasteiger partial charge in [-0.3, -0.25) is 0 Å². The van der Waals surface area contributed by atoms with E-state index in [-0.39, 0.29) is 5.56 Å². The number of hydrogen-bond acceptors (Lipinski definition) is 3. The van der Waals surface area contributed by atoms with Crippen LogP contribution in [0.25, 0.3) is 21.2 Å². The molecule has 2 aromatic carbocycles. The number of thiophene rings is 1. The monoisotopic (exact) mass is 279 g/mol. The second-order valence-electron chi connectivity index (χ2n) is 4.30. The fourth-order valence-corrected chi connectivity index (χ4v) is 3.21. The van der Waals surface area contributed by atoms with Crippen molar-refractivity contribution >= 4 is 27.4 Å². The molecule has 96 valence electrons. The lowest BCUT2D eigenvalue weighted by Crippen LogP contribution is -1.95. The lowest BCUT2D eigenvalue weighted by molar-refractivity contribution is 0.0697. The van der Waals surface area contributed by atoms with Crippen molar-refractivity contribution in [1.29, 1.82) is 5.26 Å². The van der Waals surface area contributed by atoms with Crippen LogP contribution in [-0.2, 0) is 0 Å². The highest BCUT2D eigenvalue weighted by atomic mass is 32.1. The van der Waals surface area contributed by atoms with Crippen LogP contribution < -0.4 is 0 Å². The molecule has 20 heavy (non-hydrogen) atoms. The molecule has 0 aliphatic heterocycles. The molecule has 3 rings (SSSR count). The lowest BCUT2D eigenvalue weighted by Gasteiger charge is -2.02. The van der Waals surface area contributed by atoms with Crippen LogP contribution in [-0.4, -0.2) is 11.1 Å². The van der Waals surface area contributed by atoms with Crippen molar-refractivity contribution in [3.8, 4) is 17.2 Å². The molecule has 0 saturated heterocycles. The average Bonchev–Trinajstić information content (AvgIpc) is 2.85. The third kappa shape index (κ3) is 1.94. The van der Waals surface area contributed by atoms with Gasteiger partial charge in [0.25, 0.3) is 0 Å². The summed E-state index contributed by atoms with van der Waals surface area (Å²) in [6.45, 7) is 0. The molecule has 0 aliphatic carbocycles. The number of benzene rings is 2. The number of carbonyl (C=O) groups is 1. The quantitative estimate of drug-likeness (QED) is 0.767. The highest BCUT2D eigenvalue weighted by molar-refractivity contribution is 7.20. The van der Waals surface area contributed by atoms with E-state index in [1.807, 2.05) is 24.3 Å². The standard InChI is InChI=1S/C16H9NO2S/c17-9-14-15(12-3-1-2-4-13(12)20-14)10-5-7-11(8-6-10)16(18)19/h1-8H,(H,18,19). The first kappa shape index (κ1) is 12.4. The van der Waals surface area contributed by atoms with Gasteiger partial charge in [-0.1, -0.05) is 30.3 Å². The smallest absolute Gasteiger partial charge is 0.335 e. The van der Waals surface area contributed by atoms with E-state index in [4.69, 9.17) is 5.11 Å². The summed E-state index contributed by atoms with van der Waals surface area (Å²) < 4.78 is 1.06. The summed E-state index contributed by atoms with van der Waals surface area (Å²) >= 11 is 1.45. The number of carboxylic acid groups (broad SMARTS) is 1. The van der Waals surface area contributed by atoms with E-state index in [1.165, 1.54) is 11.3 Å². The van der Waals surface area contributed by atoms with E-state index in [2.05, 4.69) is 6.07 Å². The van der Waals surface area contributed by atoms with Crippen molar-refractivity contribution in [1.82, 2.24) is 0 Å². The second kappa shape index (κ2) is 4.80.